The van der Waals surface area contributed by atoms with Crippen LogP contribution < -0.4 is 14.8 Å². The lowest BCUT2D eigenvalue weighted by Gasteiger charge is -2.28. The Balaban J connectivity index is 1.13. The monoisotopic (exact) mass is 524 g/mol. The van der Waals surface area contributed by atoms with Crippen LogP contribution in [0.3, 0.4) is 0 Å². The molecule has 1 aromatic heterocycles. The molecule has 5 rings (SSSR count). The highest BCUT2D eigenvalue weighted by atomic mass is 16.5. The average molecular weight is 525 g/mol. The third-order valence-corrected chi connectivity index (χ3v) is 6.65. The van der Waals surface area contributed by atoms with Crippen LogP contribution in [0.1, 0.15) is 29.8 Å². The number of ether oxygens (including phenoxy) is 2. The highest BCUT2D eigenvalue weighted by Crippen LogP contribution is 2.33. The smallest absolute Gasteiger partial charge is 0.335 e. The number of fused-ring (bicyclic) bond motifs is 3. The number of rotatable bonds is 11. The number of para-hydroxylation sites is 1. The Morgan fingerprint density at radius 1 is 0.897 bits per heavy atom. The van der Waals surface area contributed by atoms with E-state index in [1.165, 1.54) is 12.1 Å². The first-order chi connectivity index (χ1) is 18.8. The number of aromatic nitrogens is 1. The van der Waals surface area contributed by atoms with Gasteiger partial charge in [0.05, 0.1) is 11.1 Å². The van der Waals surface area contributed by atoms with Crippen LogP contribution in [-0.4, -0.2) is 46.0 Å². The van der Waals surface area contributed by atoms with Gasteiger partial charge in [-0.05, 0) is 80.4 Å². The van der Waals surface area contributed by atoms with Gasteiger partial charge in [-0.2, -0.15) is 0 Å². The molecule has 1 heterocycles. The standard InChI is InChI=1S/C32H32N2O5/c1-32(2,18-21-10-14-24(15-11-21)39-25-16-12-22(13-17-25)31(36)37)33-19-23(35)20-38-29-9-5-8-28-30(29)26-6-3-4-7-27(26)34-28/h3-17,23,33-35H,18-20H2,1-2H3,(H,36,37)/t23-/m0/s1. The molecular formula is C32H32N2O5. The van der Waals surface area contributed by atoms with Gasteiger partial charge in [-0.25, -0.2) is 4.79 Å². The third-order valence-electron chi connectivity index (χ3n) is 6.65. The fraction of sp³-hybridized carbons (Fsp3) is 0.219. The summed E-state index contributed by atoms with van der Waals surface area (Å²) in [7, 11) is 0. The van der Waals surface area contributed by atoms with E-state index < -0.39 is 12.1 Å². The largest absolute Gasteiger partial charge is 0.490 e. The lowest BCUT2D eigenvalue weighted by molar-refractivity contribution is 0.0697. The van der Waals surface area contributed by atoms with E-state index in [-0.39, 0.29) is 17.7 Å². The number of nitrogens with one attached hydrogen (secondary N) is 2. The van der Waals surface area contributed by atoms with E-state index in [0.717, 1.165) is 39.5 Å². The molecule has 200 valence electrons. The number of carboxylic acid groups (broad SMARTS) is 1. The first-order valence-corrected chi connectivity index (χ1v) is 12.9. The minimum absolute atomic E-state index is 0.182. The van der Waals surface area contributed by atoms with E-state index in [2.05, 4.69) is 30.2 Å². The van der Waals surface area contributed by atoms with E-state index in [1.54, 1.807) is 12.1 Å². The van der Waals surface area contributed by atoms with Crippen molar-refractivity contribution in [2.45, 2.75) is 31.9 Å². The molecule has 0 saturated carbocycles. The molecule has 0 aliphatic carbocycles. The maximum atomic E-state index is 11.0. The van der Waals surface area contributed by atoms with Crippen LogP contribution in [0.15, 0.2) is 91.0 Å². The summed E-state index contributed by atoms with van der Waals surface area (Å²) in [5.41, 5.74) is 3.15. The van der Waals surface area contributed by atoms with E-state index >= 15 is 0 Å². The number of aromatic carboxylic acids is 1. The first kappa shape index (κ1) is 26.3. The van der Waals surface area contributed by atoms with Crippen LogP contribution >= 0.6 is 0 Å². The van der Waals surface area contributed by atoms with Crippen LogP contribution in [0.5, 0.6) is 17.2 Å². The molecule has 0 saturated heterocycles. The summed E-state index contributed by atoms with van der Waals surface area (Å²) in [6.07, 6.45) is 0.0797. The highest BCUT2D eigenvalue weighted by molar-refractivity contribution is 6.10. The van der Waals surface area contributed by atoms with Crippen LogP contribution in [0.2, 0.25) is 0 Å². The lowest BCUT2D eigenvalue weighted by Crippen LogP contribution is -2.46. The molecule has 0 spiro atoms. The number of hydrogen-bond donors (Lipinski definition) is 4. The molecule has 0 aliphatic heterocycles. The molecule has 0 bridgehead atoms. The van der Waals surface area contributed by atoms with Gasteiger partial charge in [0.25, 0.3) is 0 Å². The Bertz CT molecular complexity index is 1570. The van der Waals surface area contributed by atoms with Crippen molar-refractivity contribution in [3.63, 3.8) is 0 Å². The fourth-order valence-corrected chi connectivity index (χ4v) is 4.68. The number of carboxylic acids is 1. The molecule has 0 amide bonds. The maximum Gasteiger partial charge on any atom is 0.335 e. The lowest BCUT2D eigenvalue weighted by atomic mass is 9.94. The Morgan fingerprint density at radius 3 is 2.28 bits per heavy atom. The predicted octanol–water partition coefficient (Wildman–Crippen LogP) is 6.16. The van der Waals surface area contributed by atoms with Crippen molar-refractivity contribution in [2.24, 2.45) is 0 Å². The summed E-state index contributed by atoms with van der Waals surface area (Å²) in [4.78, 5) is 14.4. The van der Waals surface area contributed by atoms with Gasteiger partial charge in [0.1, 0.15) is 30.0 Å². The molecule has 0 unspecified atom stereocenters. The quantitative estimate of drug-likeness (QED) is 0.165. The minimum Gasteiger partial charge on any atom is -0.490 e. The van der Waals surface area contributed by atoms with Gasteiger partial charge in [-0.15, -0.1) is 0 Å². The van der Waals surface area contributed by atoms with Crippen LogP contribution in [-0.2, 0) is 6.42 Å². The molecule has 39 heavy (non-hydrogen) atoms. The van der Waals surface area contributed by atoms with Crippen molar-refractivity contribution >= 4 is 27.8 Å². The van der Waals surface area contributed by atoms with Crippen LogP contribution in [0, 0.1) is 0 Å². The number of β-amino-alcohol motifs (C(OH)–C–C–N with tert-alkyl or cyclic N) is 1. The van der Waals surface area contributed by atoms with Crippen molar-refractivity contribution in [1.29, 1.82) is 0 Å². The second-order valence-corrected chi connectivity index (χ2v) is 10.3. The van der Waals surface area contributed by atoms with Crippen molar-refractivity contribution in [3.05, 3.63) is 102 Å². The Kier molecular flexibility index (Phi) is 7.54. The van der Waals surface area contributed by atoms with Gasteiger partial charge in [-0.3, -0.25) is 0 Å². The SMILES string of the molecule is CC(C)(Cc1ccc(Oc2ccc(C(=O)O)cc2)cc1)NC[C@H](O)COc1cccc2[nH]c3ccccc3c12. The maximum absolute atomic E-state index is 11.0. The number of aliphatic hydroxyl groups excluding tert-OH is 1. The number of H-pyrrole nitrogens is 1. The van der Waals surface area contributed by atoms with E-state index in [9.17, 15) is 9.90 Å². The topological polar surface area (TPSA) is 104 Å². The molecule has 5 aromatic rings. The Hall–Kier alpha value is -4.33. The number of aliphatic hydroxyl groups is 1. The van der Waals surface area contributed by atoms with Gasteiger partial charge < -0.3 is 30.0 Å². The third kappa shape index (κ3) is 6.39. The van der Waals surface area contributed by atoms with Crippen molar-refractivity contribution in [1.82, 2.24) is 10.3 Å². The van der Waals surface area contributed by atoms with Gasteiger partial charge in [0.15, 0.2) is 0 Å². The van der Waals surface area contributed by atoms with Crippen molar-refractivity contribution in [3.8, 4) is 17.2 Å². The minimum atomic E-state index is -0.967. The molecule has 4 aromatic carbocycles. The summed E-state index contributed by atoms with van der Waals surface area (Å²) >= 11 is 0. The fourth-order valence-electron chi connectivity index (χ4n) is 4.68. The van der Waals surface area contributed by atoms with Gasteiger partial charge in [-0.1, -0.05) is 36.4 Å². The number of carbonyl (C=O) groups is 1. The zero-order chi connectivity index (χ0) is 27.4. The van der Waals surface area contributed by atoms with Gasteiger partial charge in [0, 0.05) is 28.4 Å². The molecular weight excluding hydrogens is 492 g/mol. The normalized spacial score (nSPS) is 12.5. The highest BCUT2D eigenvalue weighted by Gasteiger charge is 2.20. The number of hydrogen-bond acceptors (Lipinski definition) is 5. The van der Waals surface area contributed by atoms with Crippen LogP contribution in [0.25, 0.3) is 21.8 Å². The molecule has 7 nitrogen and oxygen atoms in total. The van der Waals surface area contributed by atoms with Crippen LogP contribution in [0.4, 0.5) is 0 Å². The first-order valence-electron chi connectivity index (χ1n) is 12.9. The van der Waals surface area contributed by atoms with E-state index in [1.807, 2.05) is 60.7 Å². The van der Waals surface area contributed by atoms with E-state index in [0.29, 0.717) is 18.0 Å². The van der Waals surface area contributed by atoms with Gasteiger partial charge in [0.2, 0.25) is 0 Å². The Morgan fingerprint density at radius 2 is 1.56 bits per heavy atom. The molecule has 4 N–H and O–H groups in total. The number of benzene rings is 4. The van der Waals surface area contributed by atoms with Gasteiger partial charge >= 0.3 is 5.97 Å². The summed E-state index contributed by atoms with van der Waals surface area (Å²) in [6, 6.07) is 28.1. The summed E-state index contributed by atoms with van der Waals surface area (Å²) in [5.74, 6) is 1.03. The second-order valence-electron chi connectivity index (χ2n) is 10.3. The molecule has 7 heteroatoms. The summed E-state index contributed by atoms with van der Waals surface area (Å²) < 4.78 is 11.9. The summed E-state index contributed by atoms with van der Waals surface area (Å²) in [6.45, 7) is 4.77. The zero-order valence-electron chi connectivity index (χ0n) is 22.0. The Labute approximate surface area is 227 Å². The molecule has 0 radical (unpaired) electrons. The molecule has 0 aliphatic rings. The van der Waals surface area contributed by atoms with E-state index in [4.69, 9.17) is 14.6 Å². The van der Waals surface area contributed by atoms with Crippen molar-refractivity contribution < 1.29 is 24.5 Å². The predicted molar refractivity (Wildman–Crippen MR) is 153 cm³/mol. The summed E-state index contributed by atoms with van der Waals surface area (Å²) in [5, 5.41) is 25.3. The second kappa shape index (κ2) is 11.2. The average Bonchev–Trinajstić information content (AvgIpc) is 3.31. The number of aromatic amines is 1. The van der Waals surface area contributed by atoms with Crippen molar-refractivity contribution in [2.75, 3.05) is 13.2 Å². The molecule has 0 fully saturated rings. The zero-order valence-corrected chi connectivity index (χ0v) is 22.0. The molecule has 1 atom stereocenters.